The molecule has 0 spiro atoms. The fourth-order valence-corrected chi connectivity index (χ4v) is 11.0. The van der Waals surface area contributed by atoms with Gasteiger partial charge in [0.15, 0.2) is 0 Å². The van der Waals surface area contributed by atoms with E-state index in [0.717, 1.165) is 51.1 Å². The lowest BCUT2D eigenvalue weighted by Crippen LogP contribution is -2.41. The van der Waals surface area contributed by atoms with Gasteiger partial charge in [-0.2, -0.15) is 31.4 Å². The summed E-state index contributed by atoms with van der Waals surface area (Å²) in [4.78, 5) is 79.6. The zero-order chi connectivity index (χ0) is 74.8. The van der Waals surface area contributed by atoms with E-state index in [-0.39, 0.29) is 64.8 Å². The van der Waals surface area contributed by atoms with Crippen LogP contribution in [0.3, 0.4) is 0 Å². The summed E-state index contributed by atoms with van der Waals surface area (Å²) >= 11 is 0. The van der Waals surface area contributed by atoms with Gasteiger partial charge in [-0.25, -0.2) is 4.68 Å². The maximum Gasteiger partial charge on any atom is 0.494 e. The Morgan fingerprint density at radius 2 is 0.951 bits per heavy atom. The number of carboxylic acid groups (broad SMARTS) is 1. The third-order valence-electron chi connectivity index (χ3n) is 17.1. The fraction of sp³-hybridized carbons (Fsp3) is 0.269. The van der Waals surface area contributed by atoms with E-state index in [1.807, 2.05) is 94.6 Å². The van der Waals surface area contributed by atoms with Gasteiger partial charge in [-0.15, -0.1) is 0 Å². The van der Waals surface area contributed by atoms with E-state index in [1.54, 1.807) is 31.6 Å². The number of nitrogens with one attached hydrogen (secondary N) is 2. The average Bonchev–Trinajstić information content (AvgIpc) is 1.35. The van der Waals surface area contributed by atoms with Gasteiger partial charge in [-0.1, -0.05) is 103 Å². The van der Waals surface area contributed by atoms with Crippen LogP contribution in [0.25, 0.3) is 27.9 Å². The number of carboxylic acids is 1. The number of hydrogen-bond donors (Lipinski definition) is 3. The summed E-state index contributed by atoms with van der Waals surface area (Å²) in [5.74, 6) is -4.13. The molecule has 18 nitrogen and oxygen atoms in total. The standard InChI is InChI=1S/C42H35F3N4O5.C36H42BF3N2O7/c1-27-3-7-29(8-4-27)30-13-18-36(19-14-30)49-25-34(23-46-49)31-9-5-28(6-10-31)24-48(26-40(51)52)41(53)32-11-16-35(17-12-32)47-39(50)21-33-15-20-37(54-2)22-38(33)42(43,44)45;1-33(2,3)47-31(44)22-42(21-23-9-14-26(15-10-23)37-48-34(4,5)35(6,7)49-37)32(45)24-11-16-27(17-12-24)41-30(43)19-25-13-18-28(46-8)20-29(25)36(38,39)40/h3-20,22-23,25H,21,24,26H2,1-2H3,(H,47,50)(H,51,52);9-18,20H,19,21-22H2,1-8H3,(H,41,43). The molecule has 0 unspecified atom stereocenters. The first kappa shape index (κ1) is 76.1. The highest BCUT2D eigenvalue weighted by Crippen LogP contribution is 2.39. The van der Waals surface area contributed by atoms with Crippen LogP contribution in [0.5, 0.6) is 11.5 Å². The number of aliphatic carboxylic acids is 1. The average molecular weight is 1420 g/mol. The molecule has 10 rings (SSSR count). The highest BCUT2D eigenvalue weighted by atomic mass is 19.4. The lowest BCUT2D eigenvalue weighted by atomic mass is 9.79. The summed E-state index contributed by atoms with van der Waals surface area (Å²) < 4.78 is 111. The van der Waals surface area contributed by atoms with Crippen molar-refractivity contribution in [1.82, 2.24) is 19.6 Å². The molecule has 1 aromatic heterocycles. The lowest BCUT2D eigenvalue weighted by Gasteiger charge is -2.32. The largest absolute Gasteiger partial charge is 0.497 e. The van der Waals surface area contributed by atoms with E-state index in [2.05, 4.69) is 59.1 Å². The second kappa shape index (κ2) is 31.9. The molecule has 536 valence electrons. The number of nitrogens with zero attached hydrogens (tertiary/aromatic N) is 4. The number of esters is 1. The molecule has 2 heterocycles. The molecule has 25 heteroatoms. The third-order valence-corrected chi connectivity index (χ3v) is 17.1. The Hall–Kier alpha value is -11.0. The molecule has 8 aromatic carbocycles. The van der Waals surface area contributed by atoms with Gasteiger partial charge in [0.05, 0.1) is 61.3 Å². The Kier molecular flexibility index (Phi) is 23.6. The molecule has 0 aliphatic carbocycles. The summed E-state index contributed by atoms with van der Waals surface area (Å²) in [6.45, 7) is 14.4. The van der Waals surface area contributed by atoms with Crippen LogP contribution >= 0.6 is 0 Å². The maximum absolute atomic E-state index is 13.7. The van der Waals surface area contributed by atoms with Gasteiger partial charge in [0, 0.05) is 47.4 Å². The highest BCUT2D eigenvalue weighted by molar-refractivity contribution is 6.62. The summed E-state index contributed by atoms with van der Waals surface area (Å²) in [5.41, 5.74) is 5.16. The molecule has 4 amide bonds. The Morgan fingerprint density at radius 1 is 0.544 bits per heavy atom. The van der Waals surface area contributed by atoms with E-state index in [4.69, 9.17) is 23.5 Å². The highest BCUT2D eigenvalue weighted by Gasteiger charge is 2.51. The topological polar surface area (TPSA) is 217 Å². The first-order chi connectivity index (χ1) is 48.5. The number of anilines is 2. The summed E-state index contributed by atoms with van der Waals surface area (Å²) in [5, 5.41) is 19.2. The third kappa shape index (κ3) is 20.4. The SMILES string of the molecule is COc1ccc(CC(=O)Nc2ccc(C(=O)N(CC(=O)O)Cc3ccc(-c4cnn(-c5ccc(-c6ccc(C)cc6)cc5)c4)cc3)cc2)c(C(F)(F)F)c1.COc1ccc(CC(=O)Nc2ccc(C(=O)N(CC(=O)OC(C)(C)C)Cc3ccc(B4OC(C)(C)C(C)(C)O4)cc3)cc2)c(C(F)(F)F)c1. The predicted octanol–water partition coefficient (Wildman–Crippen LogP) is 14.6. The van der Waals surface area contributed by atoms with Gasteiger partial charge < -0.3 is 49.1 Å². The number of aromatic nitrogens is 2. The number of amides is 4. The van der Waals surface area contributed by atoms with Crippen LogP contribution in [0, 0.1) is 6.92 Å². The number of rotatable bonds is 22. The van der Waals surface area contributed by atoms with Crippen molar-refractivity contribution in [2.24, 2.45) is 0 Å². The summed E-state index contributed by atoms with van der Waals surface area (Å²) in [6, 6.07) is 49.6. The van der Waals surface area contributed by atoms with Crippen molar-refractivity contribution in [1.29, 1.82) is 0 Å². The van der Waals surface area contributed by atoms with Crippen LogP contribution in [0.4, 0.5) is 37.7 Å². The molecule has 1 fully saturated rings. The number of carbonyl (C=O) groups excluding carboxylic acids is 5. The normalized spacial score (nSPS) is 13.2. The first-order valence-electron chi connectivity index (χ1n) is 32.6. The van der Waals surface area contributed by atoms with E-state index >= 15 is 0 Å². The number of alkyl halides is 6. The Labute approximate surface area is 592 Å². The zero-order valence-electron chi connectivity index (χ0n) is 58.3. The molecule has 9 aromatic rings. The van der Waals surface area contributed by atoms with E-state index in [9.17, 15) is 60.2 Å². The molecule has 103 heavy (non-hydrogen) atoms. The number of carbonyl (C=O) groups is 6. The van der Waals surface area contributed by atoms with Crippen molar-refractivity contribution in [3.8, 4) is 39.4 Å². The van der Waals surface area contributed by atoms with E-state index < -0.39 is 102 Å². The maximum atomic E-state index is 13.7. The number of hydrogen-bond acceptors (Lipinski definition) is 12. The number of methoxy groups -OCH3 is 2. The van der Waals surface area contributed by atoms with Crippen molar-refractivity contribution in [3.05, 3.63) is 244 Å². The van der Waals surface area contributed by atoms with Crippen LogP contribution in [-0.2, 0) is 71.5 Å². The Morgan fingerprint density at radius 3 is 1.37 bits per heavy atom. The molecule has 0 saturated carbocycles. The smallest absolute Gasteiger partial charge is 0.494 e. The van der Waals surface area contributed by atoms with Crippen molar-refractivity contribution < 1.29 is 83.7 Å². The quantitative estimate of drug-likeness (QED) is 0.0327. The molecule has 1 saturated heterocycles. The first-order valence-corrected chi connectivity index (χ1v) is 32.6. The lowest BCUT2D eigenvalue weighted by molar-refractivity contribution is -0.155. The number of halogens is 6. The molecule has 0 radical (unpaired) electrons. The molecular weight excluding hydrogens is 1340 g/mol. The van der Waals surface area contributed by atoms with Crippen LogP contribution in [0.1, 0.15) is 108 Å². The van der Waals surface area contributed by atoms with Crippen molar-refractivity contribution in [2.45, 2.75) is 110 Å². The van der Waals surface area contributed by atoms with Gasteiger partial charge in [0.1, 0.15) is 30.2 Å². The monoisotopic (exact) mass is 1410 g/mol. The summed E-state index contributed by atoms with van der Waals surface area (Å²) in [7, 11) is 1.95. The minimum atomic E-state index is -4.68. The van der Waals surface area contributed by atoms with Crippen LogP contribution in [0.15, 0.2) is 194 Å². The van der Waals surface area contributed by atoms with Crippen LogP contribution in [0.2, 0.25) is 0 Å². The van der Waals surface area contributed by atoms with Crippen molar-refractivity contribution in [2.75, 3.05) is 37.9 Å². The second-order valence-electron chi connectivity index (χ2n) is 26.6. The fourth-order valence-electron chi connectivity index (χ4n) is 11.0. The van der Waals surface area contributed by atoms with Gasteiger partial charge in [-0.05, 0) is 185 Å². The van der Waals surface area contributed by atoms with Gasteiger partial charge in [0.25, 0.3) is 11.8 Å². The van der Waals surface area contributed by atoms with E-state index in [0.29, 0.717) is 5.56 Å². The number of aryl methyl sites for hydroxylation is 1. The van der Waals surface area contributed by atoms with Gasteiger partial charge >= 0.3 is 31.4 Å². The van der Waals surface area contributed by atoms with Crippen LogP contribution < -0.4 is 25.6 Å². The molecular formula is C78H77BF6N6O12. The molecule has 1 aliphatic heterocycles. The minimum absolute atomic E-state index is 0.0138. The van der Waals surface area contributed by atoms with Crippen molar-refractivity contribution >= 4 is 59.5 Å². The van der Waals surface area contributed by atoms with Gasteiger partial charge in [-0.3, -0.25) is 28.8 Å². The second-order valence-corrected chi connectivity index (χ2v) is 26.6. The molecule has 3 N–H and O–H groups in total. The minimum Gasteiger partial charge on any atom is -0.497 e. The number of ether oxygens (including phenoxy) is 3. The predicted molar refractivity (Wildman–Crippen MR) is 378 cm³/mol. The Bertz CT molecular complexity index is 4490. The Balaban J connectivity index is 0.000000241. The van der Waals surface area contributed by atoms with E-state index in [1.165, 1.54) is 102 Å². The summed E-state index contributed by atoms with van der Waals surface area (Å²) in [6.07, 6.45) is -6.76. The molecule has 1 aliphatic rings. The zero-order valence-corrected chi connectivity index (χ0v) is 58.3. The number of benzene rings is 8. The molecule has 0 atom stereocenters. The van der Waals surface area contributed by atoms with Crippen molar-refractivity contribution in [3.63, 3.8) is 0 Å². The van der Waals surface area contributed by atoms with Crippen LogP contribution in [-0.4, -0.2) is 111 Å². The van der Waals surface area contributed by atoms with Gasteiger partial charge in [0.2, 0.25) is 11.8 Å². The molecule has 0 bridgehead atoms.